The first kappa shape index (κ1) is 14.0. The summed E-state index contributed by atoms with van der Waals surface area (Å²) in [4.78, 5) is 12.3. The highest BCUT2D eigenvalue weighted by Crippen LogP contribution is 2.59. The molecule has 1 aromatic rings. The van der Waals surface area contributed by atoms with E-state index in [4.69, 9.17) is 4.74 Å². The van der Waals surface area contributed by atoms with Crippen molar-refractivity contribution in [2.75, 3.05) is 0 Å². The normalized spacial score (nSPS) is 39.3. The fourth-order valence-corrected chi connectivity index (χ4v) is 5.27. The number of carbonyl (C=O) groups excluding carboxylic acids is 1. The van der Waals surface area contributed by atoms with Crippen LogP contribution in [0.25, 0.3) is 6.08 Å². The molecule has 4 fully saturated rings. The molecule has 4 aliphatic rings. The first-order valence-corrected chi connectivity index (χ1v) is 8.59. The number of hydrogen-bond acceptors (Lipinski definition) is 2. The van der Waals surface area contributed by atoms with Crippen LogP contribution in [-0.4, -0.2) is 11.6 Å². The van der Waals surface area contributed by atoms with Gasteiger partial charge in [0.05, 0.1) is 0 Å². The maximum Gasteiger partial charge on any atom is 0.331 e. The third-order valence-electron chi connectivity index (χ3n) is 6.29. The zero-order valence-corrected chi connectivity index (χ0v) is 13.2. The van der Waals surface area contributed by atoms with Crippen LogP contribution in [0.4, 0.5) is 0 Å². The van der Waals surface area contributed by atoms with Crippen molar-refractivity contribution in [3.63, 3.8) is 0 Å². The second-order valence-corrected chi connectivity index (χ2v) is 7.65. The van der Waals surface area contributed by atoms with Gasteiger partial charge in [0, 0.05) is 6.08 Å². The summed E-state index contributed by atoms with van der Waals surface area (Å²) >= 11 is 0. The van der Waals surface area contributed by atoms with Crippen molar-refractivity contribution < 1.29 is 9.53 Å². The van der Waals surface area contributed by atoms with Gasteiger partial charge in [0.15, 0.2) is 0 Å². The summed E-state index contributed by atoms with van der Waals surface area (Å²) < 4.78 is 6.01. The smallest absolute Gasteiger partial charge is 0.331 e. The molecule has 1 aromatic carbocycles. The Morgan fingerprint density at radius 2 is 1.64 bits per heavy atom. The summed E-state index contributed by atoms with van der Waals surface area (Å²) in [7, 11) is 0. The van der Waals surface area contributed by atoms with Crippen LogP contribution >= 0.6 is 0 Å². The van der Waals surface area contributed by atoms with E-state index >= 15 is 0 Å². The summed E-state index contributed by atoms with van der Waals surface area (Å²) in [6.07, 6.45) is 9.91. The Bertz CT molecular complexity index is 559. The Labute approximate surface area is 132 Å². The lowest BCUT2D eigenvalue weighted by molar-refractivity contribution is -0.198. The molecular formula is C20H24O2. The molecule has 22 heavy (non-hydrogen) atoms. The fraction of sp³-hybridized carbons (Fsp3) is 0.550. The number of esters is 1. The minimum absolute atomic E-state index is 0.182. The van der Waals surface area contributed by atoms with Gasteiger partial charge in [-0.15, -0.1) is 0 Å². The molecule has 0 spiro atoms. The molecule has 4 aliphatic carbocycles. The van der Waals surface area contributed by atoms with E-state index in [-0.39, 0.29) is 11.6 Å². The molecule has 2 nitrogen and oxygen atoms in total. The highest BCUT2D eigenvalue weighted by atomic mass is 16.6. The Hall–Kier alpha value is -1.57. The molecule has 2 heteroatoms. The Balaban J connectivity index is 1.46. The summed E-state index contributed by atoms with van der Waals surface area (Å²) in [5.41, 5.74) is 0.806. The topological polar surface area (TPSA) is 26.3 Å². The van der Waals surface area contributed by atoms with E-state index in [0.717, 1.165) is 17.4 Å². The minimum Gasteiger partial charge on any atom is -0.456 e. The van der Waals surface area contributed by atoms with Gasteiger partial charge in [-0.25, -0.2) is 4.79 Å². The van der Waals surface area contributed by atoms with Crippen molar-refractivity contribution in [1.29, 1.82) is 0 Å². The molecule has 0 N–H and O–H groups in total. The first-order valence-electron chi connectivity index (χ1n) is 8.59. The molecule has 0 unspecified atom stereocenters. The van der Waals surface area contributed by atoms with E-state index in [1.807, 2.05) is 36.4 Å². The molecule has 0 aromatic heterocycles. The van der Waals surface area contributed by atoms with Crippen molar-refractivity contribution in [3.05, 3.63) is 42.0 Å². The predicted molar refractivity (Wildman–Crippen MR) is 87.0 cm³/mol. The van der Waals surface area contributed by atoms with Crippen LogP contribution in [0.1, 0.15) is 44.6 Å². The number of ether oxygens (including phenoxy) is 1. The van der Waals surface area contributed by atoms with E-state index < -0.39 is 0 Å². The molecule has 0 aliphatic heterocycles. The van der Waals surface area contributed by atoms with Crippen LogP contribution in [0.3, 0.4) is 0 Å². The lowest BCUT2D eigenvalue weighted by Crippen LogP contribution is -2.57. The quantitative estimate of drug-likeness (QED) is 0.608. The van der Waals surface area contributed by atoms with Gasteiger partial charge in [0.25, 0.3) is 0 Å². The first-order chi connectivity index (χ1) is 10.6. The number of carbonyl (C=O) groups is 1. The zero-order chi connectivity index (χ0) is 15.2. The molecular weight excluding hydrogens is 272 g/mol. The predicted octanol–water partition coefficient (Wildman–Crippen LogP) is 4.46. The van der Waals surface area contributed by atoms with Gasteiger partial charge in [-0.3, -0.25) is 0 Å². The number of hydrogen-bond donors (Lipinski definition) is 0. The monoisotopic (exact) mass is 296 g/mol. The largest absolute Gasteiger partial charge is 0.456 e. The highest BCUT2D eigenvalue weighted by molar-refractivity contribution is 5.87. The summed E-state index contributed by atoms with van der Waals surface area (Å²) in [5, 5.41) is 0. The van der Waals surface area contributed by atoms with Crippen molar-refractivity contribution in [2.45, 2.75) is 44.6 Å². The molecule has 4 bridgehead atoms. The van der Waals surface area contributed by atoms with Crippen LogP contribution in [-0.2, 0) is 9.53 Å². The summed E-state index contributed by atoms with van der Waals surface area (Å²) in [6.45, 7) is 2.19. The lowest BCUT2D eigenvalue weighted by Gasteiger charge is -2.58. The van der Waals surface area contributed by atoms with E-state index in [0.29, 0.717) is 11.8 Å². The maximum atomic E-state index is 12.3. The average Bonchev–Trinajstić information content (AvgIpc) is 2.51. The molecule has 5 rings (SSSR count). The molecule has 0 saturated heterocycles. The van der Waals surface area contributed by atoms with Crippen LogP contribution < -0.4 is 0 Å². The Morgan fingerprint density at radius 1 is 1.05 bits per heavy atom. The van der Waals surface area contributed by atoms with Crippen LogP contribution in [0.15, 0.2) is 36.4 Å². The van der Waals surface area contributed by atoms with Gasteiger partial charge in [-0.2, -0.15) is 0 Å². The Morgan fingerprint density at radius 3 is 2.23 bits per heavy atom. The van der Waals surface area contributed by atoms with Crippen molar-refractivity contribution in [2.24, 2.45) is 23.7 Å². The van der Waals surface area contributed by atoms with E-state index in [9.17, 15) is 4.79 Å². The van der Waals surface area contributed by atoms with Gasteiger partial charge in [0.1, 0.15) is 5.60 Å². The molecule has 4 saturated carbocycles. The second kappa shape index (κ2) is 5.26. The number of rotatable bonds is 3. The maximum absolute atomic E-state index is 12.3. The van der Waals surface area contributed by atoms with Crippen LogP contribution in [0.5, 0.6) is 0 Å². The Kier molecular flexibility index (Phi) is 3.36. The SMILES string of the molecule is CC1(OC(=O)C=Cc2ccccc2)C2CC3CC(C2)CC1C3. The van der Waals surface area contributed by atoms with Crippen molar-refractivity contribution in [1.82, 2.24) is 0 Å². The van der Waals surface area contributed by atoms with E-state index in [1.54, 1.807) is 6.08 Å². The fourth-order valence-electron chi connectivity index (χ4n) is 5.27. The van der Waals surface area contributed by atoms with Crippen LogP contribution in [0.2, 0.25) is 0 Å². The van der Waals surface area contributed by atoms with Gasteiger partial charge in [-0.05, 0) is 74.3 Å². The van der Waals surface area contributed by atoms with E-state index in [1.165, 1.54) is 32.1 Å². The summed E-state index contributed by atoms with van der Waals surface area (Å²) in [6, 6.07) is 9.92. The zero-order valence-electron chi connectivity index (χ0n) is 13.2. The van der Waals surface area contributed by atoms with Gasteiger partial charge < -0.3 is 4.74 Å². The van der Waals surface area contributed by atoms with Gasteiger partial charge in [-0.1, -0.05) is 30.3 Å². The summed E-state index contributed by atoms with van der Waals surface area (Å²) in [5.74, 6) is 2.78. The third kappa shape index (κ3) is 2.39. The second-order valence-electron chi connectivity index (χ2n) is 7.65. The molecule has 0 amide bonds. The molecule has 0 heterocycles. The molecule has 0 atom stereocenters. The van der Waals surface area contributed by atoms with Crippen molar-refractivity contribution in [3.8, 4) is 0 Å². The average molecular weight is 296 g/mol. The highest BCUT2D eigenvalue weighted by Gasteiger charge is 2.56. The third-order valence-corrected chi connectivity index (χ3v) is 6.29. The standard InChI is InChI=1S/C20H24O2/c1-20(17-10-15-9-16(12-17)13-18(20)11-15)22-19(21)8-7-14-5-3-2-4-6-14/h2-8,15-18H,9-13H2,1H3. The van der Waals surface area contributed by atoms with E-state index in [2.05, 4.69) is 6.92 Å². The molecule has 116 valence electrons. The van der Waals surface area contributed by atoms with Gasteiger partial charge in [0.2, 0.25) is 0 Å². The van der Waals surface area contributed by atoms with Crippen molar-refractivity contribution >= 4 is 12.0 Å². The minimum atomic E-state index is -0.231. The lowest BCUT2D eigenvalue weighted by atomic mass is 9.50. The molecule has 0 radical (unpaired) electrons. The van der Waals surface area contributed by atoms with Crippen LogP contribution in [0, 0.1) is 23.7 Å². The van der Waals surface area contributed by atoms with Gasteiger partial charge >= 0.3 is 5.97 Å². The number of benzene rings is 1.